The van der Waals surface area contributed by atoms with Gasteiger partial charge in [0.2, 0.25) is 0 Å². The van der Waals surface area contributed by atoms with Gasteiger partial charge in [0.25, 0.3) is 0 Å². The molecule has 0 bridgehead atoms. The molecule has 0 radical (unpaired) electrons. The van der Waals surface area contributed by atoms with Crippen molar-refractivity contribution in [3.8, 4) is 11.3 Å². The molecule has 2 rings (SSSR count). The third-order valence-electron chi connectivity index (χ3n) is 2.78. The summed E-state index contributed by atoms with van der Waals surface area (Å²) in [6.45, 7) is 1.62. The van der Waals surface area contributed by atoms with Crippen LogP contribution in [0.2, 0.25) is 0 Å². The van der Waals surface area contributed by atoms with E-state index in [0.29, 0.717) is 14.7 Å². The fourth-order valence-electron chi connectivity index (χ4n) is 1.86. The zero-order chi connectivity index (χ0) is 15.0. The number of hydrogen-bond donors (Lipinski definition) is 2. The van der Waals surface area contributed by atoms with E-state index in [1.54, 1.807) is 6.92 Å². The van der Waals surface area contributed by atoms with Crippen molar-refractivity contribution < 1.29 is 18.7 Å². The van der Waals surface area contributed by atoms with Crippen LogP contribution in [0.1, 0.15) is 15.9 Å². The van der Waals surface area contributed by atoms with E-state index in [-0.39, 0.29) is 16.9 Å². The summed E-state index contributed by atoms with van der Waals surface area (Å²) in [5, 5.41) is 9.04. The zero-order valence-electron chi connectivity index (χ0n) is 10.2. The number of aryl methyl sites for hydroxylation is 1. The summed E-state index contributed by atoms with van der Waals surface area (Å²) in [4.78, 5) is 14.8. The number of halogens is 3. The molecule has 0 aliphatic rings. The van der Waals surface area contributed by atoms with E-state index in [0.717, 1.165) is 12.3 Å². The van der Waals surface area contributed by atoms with Gasteiger partial charge in [-0.25, -0.2) is 13.6 Å². The molecule has 0 atom stereocenters. The lowest BCUT2D eigenvalue weighted by molar-refractivity contribution is 0.0698. The number of nitrogens with zero attached hydrogens (tertiary/aromatic N) is 1. The smallest absolute Gasteiger partial charge is 0.337 e. The lowest BCUT2D eigenvalue weighted by atomic mass is 10.00. The maximum atomic E-state index is 13.8. The van der Waals surface area contributed by atoms with Crippen molar-refractivity contribution in [2.45, 2.75) is 6.92 Å². The predicted octanol–water partition coefficient (Wildman–Crippen LogP) is 3.22. The number of rotatable bonds is 2. The minimum absolute atomic E-state index is 0.0317. The molecule has 0 amide bonds. The van der Waals surface area contributed by atoms with Crippen molar-refractivity contribution >= 4 is 34.2 Å². The predicted molar refractivity (Wildman–Crippen MR) is 78.4 cm³/mol. The van der Waals surface area contributed by atoms with E-state index in [2.05, 4.69) is 4.98 Å². The summed E-state index contributed by atoms with van der Waals surface area (Å²) >= 11 is 1.83. The van der Waals surface area contributed by atoms with Crippen LogP contribution >= 0.6 is 22.6 Å². The standard InChI is InChI=1S/C13H9F2IN2O2/c1-5-2-7(13(19)20)11(17)10(16)9(5)12-8(15)3-6(14)4-18-12/h2-4H,17H2,1H3,(H,19,20). The van der Waals surface area contributed by atoms with Gasteiger partial charge in [0.05, 0.1) is 17.4 Å². The first kappa shape index (κ1) is 14.6. The highest BCUT2D eigenvalue weighted by molar-refractivity contribution is 14.1. The Morgan fingerprint density at radius 2 is 2.05 bits per heavy atom. The second-order valence-electron chi connectivity index (χ2n) is 4.13. The quantitative estimate of drug-likeness (QED) is 0.610. The van der Waals surface area contributed by atoms with E-state index in [1.165, 1.54) is 6.07 Å². The van der Waals surface area contributed by atoms with E-state index in [1.807, 2.05) is 22.6 Å². The SMILES string of the molecule is Cc1cc(C(=O)O)c(N)c(I)c1-c1ncc(F)cc1F. The fourth-order valence-corrected chi connectivity index (χ4v) is 2.83. The topological polar surface area (TPSA) is 76.2 Å². The Balaban J connectivity index is 2.75. The molecule has 0 saturated carbocycles. The molecule has 0 aliphatic carbocycles. The van der Waals surface area contributed by atoms with Gasteiger partial charge < -0.3 is 10.8 Å². The monoisotopic (exact) mass is 390 g/mol. The Hall–Kier alpha value is -1.77. The first-order chi connectivity index (χ1) is 9.32. The second kappa shape index (κ2) is 5.31. The molecule has 0 spiro atoms. The van der Waals surface area contributed by atoms with Crippen LogP contribution in [0.5, 0.6) is 0 Å². The first-order valence-corrected chi connectivity index (χ1v) is 6.54. The van der Waals surface area contributed by atoms with Gasteiger partial charge in [-0.3, -0.25) is 4.98 Å². The number of aromatic nitrogens is 1. The number of hydrogen-bond acceptors (Lipinski definition) is 3. The average molecular weight is 390 g/mol. The summed E-state index contributed by atoms with van der Waals surface area (Å²) in [7, 11) is 0. The van der Waals surface area contributed by atoms with Gasteiger partial charge in [0.1, 0.15) is 11.5 Å². The maximum absolute atomic E-state index is 13.8. The molecule has 2 aromatic rings. The molecule has 104 valence electrons. The summed E-state index contributed by atoms with van der Waals surface area (Å²) in [5.74, 6) is -2.77. The number of pyridine rings is 1. The van der Waals surface area contributed by atoms with Crippen LogP contribution in [0.4, 0.5) is 14.5 Å². The number of nitrogen functional groups attached to an aromatic ring is 1. The number of anilines is 1. The highest BCUT2D eigenvalue weighted by Crippen LogP contribution is 2.35. The maximum Gasteiger partial charge on any atom is 0.337 e. The van der Waals surface area contributed by atoms with Crippen LogP contribution in [0.3, 0.4) is 0 Å². The van der Waals surface area contributed by atoms with Crippen molar-refractivity contribution in [2.24, 2.45) is 0 Å². The highest BCUT2D eigenvalue weighted by Gasteiger charge is 2.20. The molecule has 20 heavy (non-hydrogen) atoms. The molecule has 0 fully saturated rings. The molecule has 4 nitrogen and oxygen atoms in total. The van der Waals surface area contributed by atoms with Gasteiger partial charge in [0, 0.05) is 15.2 Å². The highest BCUT2D eigenvalue weighted by atomic mass is 127. The third-order valence-corrected chi connectivity index (χ3v) is 3.90. The largest absolute Gasteiger partial charge is 0.478 e. The Bertz CT molecular complexity index is 720. The van der Waals surface area contributed by atoms with Crippen LogP contribution in [0.15, 0.2) is 18.3 Å². The molecule has 0 saturated heterocycles. The molecule has 7 heteroatoms. The Labute approximate surface area is 126 Å². The van der Waals surface area contributed by atoms with E-state index in [4.69, 9.17) is 10.8 Å². The van der Waals surface area contributed by atoms with Gasteiger partial charge >= 0.3 is 5.97 Å². The molecule has 3 N–H and O–H groups in total. The minimum atomic E-state index is -1.16. The lowest BCUT2D eigenvalue weighted by Gasteiger charge is -2.13. The number of carbonyl (C=O) groups is 1. The number of aromatic carboxylic acids is 1. The lowest BCUT2D eigenvalue weighted by Crippen LogP contribution is -2.07. The normalized spacial score (nSPS) is 10.6. The van der Waals surface area contributed by atoms with Crippen molar-refractivity contribution in [3.63, 3.8) is 0 Å². The minimum Gasteiger partial charge on any atom is -0.478 e. The molecular formula is C13H9F2IN2O2. The molecule has 1 aromatic heterocycles. The summed E-state index contributed by atoms with van der Waals surface area (Å²) in [6, 6.07) is 2.07. The molecule has 0 aliphatic heterocycles. The van der Waals surface area contributed by atoms with Crippen molar-refractivity contribution in [1.29, 1.82) is 0 Å². The van der Waals surface area contributed by atoms with Gasteiger partial charge in [-0.1, -0.05) is 0 Å². The Kier molecular flexibility index (Phi) is 3.89. The number of nitrogens with two attached hydrogens (primary N) is 1. The van der Waals surface area contributed by atoms with Crippen LogP contribution in [-0.4, -0.2) is 16.1 Å². The number of carboxylic acid groups (broad SMARTS) is 1. The Morgan fingerprint density at radius 3 is 2.60 bits per heavy atom. The number of benzene rings is 1. The second-order valence-corrected chi connectivity index (χ2v) is 5.21. The van der Waals surface area contributed by atoms with Gasteiger partial charge in [0.15, 0.2) is 5.82 Å². The first-order valence-electron chi connectivity index (χ1n) is 5.46. The zero-order valence-corrected chi connectivity index (χ0v) is 12.4. The van der Waals surface area contributed by atoms with Crippen LogP contribution < -0.4 is 5.73 Å². The fraction of sp³-hybridized carbons (Fsp3) is 0.0769. The van der Waals surface area contributed by atoms with Crippen LogP contribution in [0, 0.1) is 22.1 Å². The van der Waals surface area contributed by atoms with Crippen molar-refractivity contribution in [2.75, 3.05) is 5.73 Å². The van der Waals surface area contributed by atoms with Gasteiger partial charge in [-0.15, -0.1) is 0 Å². The van der Waals surface area contributed by atoms with Crippen molar-refractivity contribution in [1.82, 2.24) is 4.98 Å². The van der Waals surface area contributed by atoms with Gasteiger partial charge in [-0.2, -0.15) is 0 Å². The summed E-state index contributed by atoms with van der Waals surface area (Å²) < 4.78 is 27.1. The molecule has 1 aromatic carbocycles. The average Bonchev–Trinajstić information content (AvgIpc) is 2.36. The van der Waals surface area contributed by atoms with E-state index < -0.39 is 17.6 Å². The van der Waals surface area contributed by atoms with E-state index in [9.17, 15) is 13.6 Å². The van der Waals surface area contributed by atoms with Crippen LogP contribution in [-0.2, 0) is 0 Å². The summed E-state index contributed by atoms with van der Waals surface area (Å²) in [6.07, 6.45) is 0.898. The number of carboxylic acids is 1. The Morgan fingerprint density at radius 1 is 1.40 bits per heavy atom. The molecule has 1 heterocycles. The van der Waals surface area contributed by atoms with Gasteiger partial charge in [-0.05, 0) is 41.1 Å². The van der Waals surface area contributed by atoms with E-state index >= 15 is 0 Å². The van der Waals surface area contributed by atoms with Crippen molar-refractivity contribution in [3.05, 3.63) is 44.7 Å². The molecular weight excluding hydrogens is 381 g/mol. The molecule has 0 unspecified atom stereocenters. The summed E-state index contributed by atoms with van der Waals surface area (Å²) in [5.41, 5.74) is 6.54. The van der Waals surface area contributed by atoms with Crippen LogP contribution in [0.25, 0.3) is 11.3 Å². The third kappa shape index (κ3) is 2.45.